The van der Waals surface area contributed by atoms with E-state index in [2.05, 4.69) is 10.3 Å². The molecule has 3 N–H and O–H groups in total. The second kappa shape index (κ2) is 7.40. The number of anilines is 1. The van der Waals surface area contributed by atoms with Gasteiger partial charge in [0, 0.05) is 6.20 Å². The Labute approximate surface area is 124 Å². The molecule has 0 aliphatic carbocycles. The van der Waals surface area contributed by atoms with Crippen LogP contribution >= 0.6 is 0 Å². The van der Waals surface area contributed by atoms with Gasteiger partial charge in [0.2, 0.25) is 11.8 Å². The van der Waals surface area contributed by atoms with Gasteiger partial charge in [0.05, 0.1) is 12.6 Å². The molecule has 2 aromatic rings. The number of nitrogens with one attached hydrogen (secondary N) is 1. The zero-order valence-electron chi connectivity index (χ0n) is 12.0. The van der Waals surface area contributed by atoms with E-state index in [9.17, 15) is 4.79 Å². The van der Waals surface area contributed by atoms with Crippen molar-refractivity contribution in [3.05, 3.63) is 54.2 Å². The number of benzene rings is 1. The van der Waals surface area contributed by atoms with Gasteiger partial charge >= 0.3 is 0 Å². The van der Waals surface area contributed by atoms with Crippen molar-refractivity contribution in [2.24, 2.45) is 5.73 Å². The van der Waals surface area contributed by atoms with Crippen molar-refractivity contribution < 1.29 is 9.53 Å². The number of rotatable bonds is 6. The third kappa shape index (κ3) is 4.29. The molecule has 2 rings (SSSR count). The van der Waals surface area contributed by atoms with E-state index in [0.717, 1.165) is 5.56 Å². The van der Waals surface area contributed by atoms with Gasteiger partial charge < -0.3 is 15.8 Å². The fourth-order valence-electron chi connectivity index (χ4n) is 1.92. The topological polar surface area (TPSA) is 77.2 Å². The predicted molar refractivity (Wildman–Crippen MR) is 82.2 cm³/mol. The average Bonchev–Trinajstić information content (AvgIpc) is 2.50. The quantitative estimate of drug-likeness (QED) is 0.851. The highest BCUT2D eigenvalue weighted by atomic mass is 16.5. The summed E-state index contributed by atoms with van der Waals surface area (Å²) in [5.74, 6) is 0.146. The lowest BCUT2D eigenvalue weighted by atomic mass is 10.1. The van der Waals surface area contributed by atoms with Crippen LogP contribution in [0.1, 0.15) is 12.5 Å². The molecule has 5 nitrogen and oxygen atoms in total. The van der Waals surface area contributed by atoms with E-state index in [-0.39, 0.29) is 5.91 Å². The van der Waals surface area contributed by atoms with Crippen LogP contribution in [0.15, 0.2) is 48.7 Å². The molecular weight excluding hydrogens is 266 g/mol. The van der Waals surface area contributed by atoms with Gasteiger partial charge in [-0.05, 0) is 31.0 Å². The maximum Gasteiger partial charge on any atom is 0.241 e. The molecule has 1 aromatic carbocycles. The van der Waals surface area contributed by atoms with Crippen molar-refractivity contribution in [3.63, 3.8) is 0 Å². The number of hydrogen-bond acceptors (Lipinski definition) is 4. The molecular formula is C16H19N3O2. The van der Waals surface area contributed by atoms with Crippen LogP contribution in [0.3, 0.4) is 0 Å². The molecule has 1 atom stereocenters. The first-order valence-corrected chi connectivity index (χ1v) is 6.89. The van der Waals surface area contributed by atoms with E-state index < -0.39 is 6.04 Å². The first kappa shape index (κ1) is 15.0. The van der Waals surface area contributed by atoms with E-state index >= 15 is 0 Å². The fourth-order valence-corrected chi connectivity index (χ4v) is 1.92. The normalized spacial score (nSPS) is 11.7. The second-order valence-electron chi connectivity index (χ2n) is 4.57. The van der Waals surface area contributed by atoms with Crippen molar-refractivity contribution in [2.45, 2.75) is 19.4 Å². The van der Waals surface area contributed by atoms with Crippen molar-refractivity contribution in [1.29, 1.82) is 0 Å². The van der Waals surface area contributed by atoms with Crippen LogP contribution < -0.4 is 15.8 Å². The van der Waals surface area contributed by atoms with Crippen LogP contribution in [0.25, 0.3) is 0 Å². The Morgan fingerprint density at radius 2 is 2.05 bits per heavy atom. The number of nitrogens with two attached hydrogens (primary N) is 1. The molecule has 0 saturated carbocycles. The first-order valence-electron chi connectivity index (χ1n) is 6.89. The van der Waals surface area contributed by atoms with Gasteiger partial charge in [0.25, 0.3) is 0 Å². The molecule has 0 fully saturated rings. The number of amides is 1. The Hall–Kier alpha value is -2.40. The van der Waals surface area contributed by atoms with Gasteiger partial charge in [-0.1, -0.05) is 30.3 Å². The molecule has 21 heavy (non-hydrogen) atoms. The summed E-state index contributed by atoms with van der Waals surface area (Å²) in [6, 6.07) is 12.5. The van der Waals surface area contributed by atoms with E-state index in [4.69, 9.17) is 10.5 Å². The molecule has 5 heteroatoms. The van der Waals surface area contributed by atoms with E-state index in [0.29, 0.717) is 24.6 Å². The summed E-state index contributed by atoms with van der Waals surface area (Å²) >= 11 is 0. The molecule has 0 aliphatic rings. The first-order chi connectivity index (χ1) is 10.2. The Kier molecular flexibility index (Phi) is 5.29. The summed E-state index contributed by atoms with van der Waals surface area (Å²) in [4.78, 5) is 16.2. The third-order valence-corrected chi connectivity index (χ3v) is 2.95. The number of ether oxygens (including phenoxy) is 1. The number of carbonyl (C=O) groups excluding carboxylic acids is 1. The number of pyridine rings is 1. The molecule has 1 amide bonds. The standard InChI is InChI=1S/C16H19N3O2/c1-2-21-16-14(9-6-10-18-16)19-15(20)13(17)11-12-7-4-3-5-8-12/h3-10,13H,2,11,17H2,1H3,(H,19,20). The van der Waals surface area contributed by atoms with Crippen LogP contribution in [-0.2, 0) is 11.2 Å². The van der Waals surface area contributed by atoms with Crippen LogP contribution in [0.4, 0.5) is 5.69 Å². The number of hydrogen-bond donors (Lipinski definition) is 2. The highest BCUT2D eigenvalue weighted by molar-refractivity contribution is 5.95. The van der Waals surface area contributed by atoms with E-state index in [1.54, 1.807) is 18.3 Å². The summed E-state index contributed by atoms with van der Waals surface area (Å²) in [6.07, 6.45) is 2.10. The molecule has 1 aromatic heterocycles. The van der Waals surface area contributed by atoms with Crippen molar-refractivity contribution in [2.75, 3.05) is 11.9 Å². The largest absolute Gasteiger partial charge is 0.476 e. The monoisotopic (exact) mass is 285 g/mol. The van der Waals surface area contributed by atoms with Crippen LogP contribution in [0, 0.1) is 0 Å². The Bertz CT molecular complexity index is 587. The summed E-state index contributed by atoms with van der Waals surface area (Å²) in [5.41, 5.74) is 7.51. The van der Waals surface area contributed by atoms with Crippen LogP contribution in [0.5, 0.6) is 5.88 Å². The summed E-state index contributed by atoms with van der Waals surface area (Å²) in [5, 5.41) is 2.76. The van der Waals surface area contributed by atoms with Gasteiger partial charge in [-0.25, -0.2) is 4.98 Å². The minimum absolute atomic E-state index is 0.257. The maximum absolute atomic E-state index is 12.2. The molecule has 0 radical (unpaired) electrons. The molecule has 1 unspecified atom stereocenters. The van der Waals surface area contributed by atoms with E-state index in [1.807, 2.05) is 37.3 Å². The van der Waals surface area contributed by atoms with Gasteiger partial charge in [-0.15, -0.1) is 0 Å². The van der Waals surface area contributed by atoms with Crippen molar-refractivity contribution >= 4 is 11.6 Å². The molecule has 110 valence electrons. The minimum Gasteiger partial charge on any atom is -0.476 e. The lowest BCUT2D eigenvalue weighted by Crippen LogP contribution is -2.37. The lowest BCUT2D eigenvalue weighted by Gasteiger charge is -2.14. The average molecular weight is 285 g/mol. The summed E-state index contributed by atoms with van der Waals surface area (Å²) < 4.78 is 5.37. The van der Waals surface area contributed by atoms with Gasteiger partial charge in [-0.2, -0.15) is 0 Å². The fraction of sp³-hybridized carbons (Fsp3) is 0.250. The highest BCUT2D eigenvalue weighted by Gasteiger charge is 2.16. The molecule has 0 aliphatic heterocycles. The van der Waals surface area contributed by atoms with Gasteiger partial charge in [0.1, 0.15) is 5.69 Å². The SMILES string of the molecule is CCOc1ncccc1NC(=O)C(N)Cc1ccccc1. The zero-order valence-corrected chi connectivity index (χ0v) is 12.0. The molecule has 0 bridgehead atoms. The minimum atomic E-state index is -0.623. The van der Waals surface area contributed by atoms with E-state index in [1.165, 1.54) is 0 Å². The summed E-state index contributed by atoms with van der Waals surface area (Å²) in [6.45, 7) is 2.34. The molecule has 1 heterocycles. The molecule has 0 saturated heterocycles. The van der Waals surface area contributed by atoms with Crippen molar-refractivity contribution in [3.8, 4) is 5.88 Å². The Balaban J connectivity index is 2.01. The number of aromatic nitrogens is 1. The molecule has 0 spiro atoms. The van der Waals surface area contributed by atoms with Crippen LogP contribution in [0.2, 0.25) is 0 Å². The Morgan fingerprint density at radius 1 is 1.29 bits per heavy atom. The lowest BCUT2D eigenvalue weighted by molar-refractivity contribution is -0.117. The van der Waals surface area contributed by atoms with Gasteiger partial charge in [-0.3, -0.25) is 4.79 Å². The highest BCUT2D eigenvalue weighted by Crippen LogP contribution is 2.20. The van der Waals surface area contributed by atoms with Gasteiger partial charge in [0.15, 0.2) is 0 Å². The van der Waals surface area contributed by atoms with Crippen LogP contribution in [-0.4, -0.2) is 23.5 Å². The Morgan fingerprint density at radius 3 is 2.76 bits per heavy atom. The predicted octanol–water partition coefficient (Wildman–Crippen LogP) is 1.99. The number of nitrogens with zero attached hydrogens (tertiary/aromatic N) is 1. The third-order valence-electron chi connectivity index (χ3n) is 2.95. The maximum atomic E-state index is 12.2. The number of carbonyl (C=O) groups is 1. The second-order valence-corrected chi connectivity index (χ2v) is 4.57. The zero-order chi connectivity index (χ0) is 15.1. The smallest absolute Gasteiger partial charge is 0.241 e. The van der Waals surface area contributed by atoms with Crippen molar-refractivity contribution in [1.82, 2.24) is 4.98 Å². The summed E-state index contributed by atoms with van der Waals surface area (Å²) in [7, 11) is 0.